The number of aliphatic hydroxyl groups excluding tert-OH is 2. The van der Waals surface area contributed by atoms with E-state index in [1.165, 1.54) is 0 Å². The highest BCUT2D eigenvalue weighted by Gasteiger charge is 2.50. The highest BCUT2D eigenvalue weighted by molar-refractivity contribution is 5.96. The fourth-order valence-corrected chi connectivity index (χ4v) is 4.36. The molecule has 4 atom stereocenters. The average molecular weight is 400 g/mol. The normalized spacial score (nSPS) is 27.3. The first-order chi connectivity index (χ1) is 14.0. The van der Waals surface area contributed by atoms with Crippen LogP contribution >= 0.6 is 0 Å². The number of carbonyl (C=O) groups excluding carboxylic acids is 2. The first-order valence-electron chi connectivity index (χ1n) is 10.4. The maximum atomic E-state index is 12.9. The number of carbonyl (C=O) groups is 2. The van der Waals surface area contributed by atoms with Gasteiger partial charge < -0.3 is 25.2 Å². The number of para-hydroxylation sites is 1. The standard InChI is InChI=1S/C22H28N2O5/c1-2-18(26)24(12-13-7-8-13)16-11-15(22(28)23-9-10-25)19-14-5-3-4-6-17(14)29-21(19)20(16)27/h3-6,11,13,16,19-21,25,27H,2,7-10,12H2,1H3,(H,23,28)/t16-,19+,20+,21+/m1/s1. The molecule has 0 unspecified atom stereocenters. The molecule has 1 saturated carbocycles. The number of nitrogens with one attached hydrogen (secondary N) is 1. The van der Waals surface area contributed by atoms with E-state index in [1.807, 2.05) is 24.3 Å². The van der Waals surface area contributed by atoms with E-state index in [2.05, 4.69) is 5.32 Å². The van der Waals surface area contributed by atoms with Gasteiger partial charge in [0.05, 0.1) is 18.6 Å². The van der Waals surface area contributed by atoms with Gasteiger partial charge in [-0.25, -0.2) is 0 Å². The number of benzene rings is 1. The third-order valence-corrected chi connectivity index (χ3v) is 6.01. The topological polar surface area (TPSA) is 99.1 Å². The number of ether oxygens (including phenoxy) is 1. The first-order valence-corrected chi connectivity index (χ1v) is 10.4. The monoisotopic (exact) mass is 400 g/mol. The summed E-state index contributed by atoms with van der Waals surface area (Å²) in [4.78, 5) is 27.3. The molecule has 1 aromatic rings. The quantitative estimate of drug-likeness (QED) is 0.633. The Hall–Kier alpha value is -2.38. The molecule has 0 bridgehead atoms. The highest BCUT2D eigenvalue weighted by Crippen LogP contribution is 2.47. The Bertz CT molecular complexity index is 819. The van der Waals surface area contributed by atoms with Crippen LogP contribution in [-0.4, -0.2) is 64.9 Å². The molecule has 2 amide bonds. The fraction of sp³-hybridized carbons (Fsp3) is 0.545. The smallest absolute Gasteiger partial charge is 0.247 e. The second-order valence-corrected chi connectivity index (χ2v) is 8.02. The predicted molar refractivity (Wildman–Crippen MR) is 106 cm³/mol. The summed E-state index contributed by atoms with van der Waals surface area (Å²) in [6.45, 7) is 2.37. The summed E-state index contributed by atoms with van der Waals surface area (Å²) in [6, 6.07) is 6.85. The maximum absolute atomic E-state index is 12.9. The largest absolute Gasteiger partial charge is 0.486 e. The molecular formula is C22H28N2O5. The number of nitrogens with zero attached hydrogens (tertiary/aromatic N) is 1. The van der Waals surface area contributed by atoms with Crippen LogP contribution in [0.5, 0.6) is 5.75 Å². The Morgan fingerprint density at radius 1 is 1.28 bits per heavy atom. The van der Waals surface area contributed by atoms with Gasteiger partial charge >= 0.3 is 0 Å². The maximum Gasteiger partial charge on any atom is 0.247 e. The van der Waals surface area contributed by atoms with Crippen molar-refractivity contribution in [3.05, 3.63) is 41.5 Å². The molecule has 3 aliphatic rings. The summed E-state index contributed by atoms with van der Waals surface area (Å²) in [5.41, 5.74) is 1.34. The van der Waals surface area contributed by atoms with Crippen molar-refractivity contribution in [1.82, 2.24) is 10.2 Å². The van der Waals surface area contributed by atoms with Crippen molar-refractivity contribution in [2.24, 2.45) is 5.92 Å². The lowest BCUT2D eigenvalue weighted by atomic mass is 9.77. The molecule has 0 saturated heterocycles. The van der Waals surface area contributed by atoms with Crippen LogP contribution in [0.4, 0.5) is 0 Å². The van der Waals surface area contributed by atoms with Crippen LogP contribution in [0.15, 0.2) is 35.9 Å². The highest BCUT2D eigenvalue weighted by atomic mass is 16.5. The molecule has 0 radical (unpaired) electrons. The second kappa shape index (κ2) is 8.16. The summed E-state index contributed by atoms with van der Waals surface area (Å²) < 4.78 is 6.06. The predicted octanol–water partition coefficient (Wildman–Crippen LogP) is 0.958. The summed E-state index contributed by atoms with van der Waals surface area (Å²) >= 11 is 0. The first kappa shape index (κ1) is 19.9. The number of rotatable bonds is 7. The molecule has 1 aromatic carbocycles. The zero-order chi connectivity index (χ0) is 20.5. The zero-order valence-corrected chi connectivity index (χ0v) is 16.6. The van der Waals surface area contributed by atoms with Gasteiger partial charge in [0.1, 0.15) is 18.0 Å². The van der Waals surface area contributed by atoms with E-state index in [-0.39, 0.29) is 25.0 Å². The third kappa shape index (κ3) is 3.76. The van der Waals surface area contributed by atoms with Crippen LogP contribution in [0.25, 0.3) is 0 Å². The number of fused-ring (bicyclic) bond motifs is 3. The number of hydrogen-bond acceptors (Lipinski definition) is 5. The van der Waals surface area contributed by atoms with Gasteiger partial charge in [-0.2, -0.15) is 0 Å². The van der Waals surface area contributed by atoms with Crippen LogP contribution in [-0.2, 0) is 9.59 Å². The van der Waals surface area contributed by atoms with Crippen molar-refractivity contribution in [1.29, 1.82) is 0 Å². The molecule has 3 N–H and O–H groups in total. The Kier molecular flexibility index (Phi) is 5.61. The van der Waals surface area contributed by atoms with E-state index < -0.39 is 24.2 Å². The van der Waals surface area contributed by atoms with Crippen molar-refractivity contribution in [2.75, 3.05) is 19.7 Å². The lowest BCUT2D eigenvalue weighted by Crippen LogP contribution is -2.56. The molecule has 156 valence electrons. The summed E-state index contributed by atoms with van der Waals surface area (Å²) in [5.74, 6) is 0.356. The Balaban J connectivity index is 1.72. The number of hydrogen-bond donors (Lipinski definition) is 3. The molecule has 29 heavy (non-hydrogen) atoms. The van der Waals surface area contributed by atoms with Crippen molar-refractivity contribution < 1.29 is 24.5 Å². The van der Waals surface area contributed by atoms with E-state index in [1.54, 1.807) is 17.9 Å². The summed E-state index contributed by atoms with van der Waals surface area (Å²) in [6.07, 6.45) is 2.67. The molecule has 0 aromatic heterocycles. The molecule has 1 heterocycles. The van der Waals surface area contributed by atoms with Gasteiger partial charge in [-0.1, -0.05) is 25.1 Å². The average Bonchev–Trinajstić information content (AvgIpc) is 3.48. The zero-order valence-electron chi connectivity index (χ0n) is 16.6. The molecule has 7 heteroatoms. The lowest BCUT2D eigenvalue weighted by molar-refractivity contribution is -0.137. The lowest BCUT2D eigenvalue weighted by Gasteiger charge is -2.40. The van der Waals surface area contributed by atoms with Crippen LogP contribution in [0.3, 0.4) is 0 Å². The van der Waals surface area contributed by atoms with Crippen molar-refractivity contribution in [3.63, 3.8) is 0 Å². The van der Waals surface area contributed by atoms with Gasteiger partial charge in [0.15, 0.2) is 0 Å². The Morgan fingerprint density at radius 3 is 2.72 bits per heavy atom. The Morgan fingerprint density at radius 2 is 2.03 bits per heavy atom. The van der Waals surface area contributed by atoms with Crippen molar-refractivity contribution in [3.8, 4) is 5.75 Å². The van der Waals surface area contributed by atoms with Crippen molar-refractivity contribution in [2.45, 2.75) is 50.4 Å². The van der Waals surface area contributed by atoms with Gasteiger partial charge in [0.2, 0.25) is 11.8 Å². The summed E-state index contributed by atoms with van der Waals surface area (Å²) in [7, 11) is 0. The molecule has 2 aliphatic carbocycles. The fourth-order valence-electron chi connectivity index (χ4n) is 4.36. The van der Waals surface area contributed by atoms with Gasteiger partial charge in [-0.05, 0) is 30.9 Å². The van der Waals surface area contributed by atoms with Gasteiger partial charge in [-0.3, -0.25) is 9.59 Å². The minimum atomic E-state index is -0.934. The Labute approximate surface area is 170 Å². The van der Waals surface area contributed by atoms with E-state index in [9.17, 15) is 14.7 Å². The van der Waals surface area contributed by atoms with Gasteiger partial charge in [-0.15, -0.1) is 0 Å². The van der Waals surface area contributed by atoms with E-state index in [0.29, 0.717) is 30.2 Å². The minimum Gasteiger partial charge on any atom is -0.486 e. The molecule has 1 fully saturated rings. The number of aliphatic hydroxyl groups is 2. The molecule has 4 rings (SSSR count). The third-order valence-electron chi connectivity index (χ3n) is 6.01. The molecular weight excluding hydrogens is 372 g/mol. The van der Waals surface area contributed by atoms with E-state index >= 15 is 0 Å². The van der Waals surface area contributed by atoms with Crippen molar-refractivity contribution >= 4 is 11.8 Å². The minimum absolute atomic E-state index is 0.0405. The molecule has 1 aliphatic heterocycles. The van der Waals surface area contributed by atoms with Crippen LogP contribution in [0.2, 0.25) is 0 Å². The second-order valence-electron chi connectivity index (χ2n) is 8.02. The van der Waals surface area contributed by atoms with Crippen LogP contribution in [0, 0.1) is 5.92 Å². The van der Waals surface area contributed by atoms with E-state index in [0.717, 1.165) is 18.4 Å². The molecule has 0 spiro atoms. The van der Waals surface area contributed by atoms with Gasteiger partial charge in [0.25, 0.3) is 0 Å². The van der Waals surface area contributed by atoms with Crippen LogP contribution in [0.1, 0.15) is 37.7 Å². The van der Waals surface area contributed by atoms with Gasteiger partial charge in [0, 0.05) is 30.6 Å². The SMILES string of the molecule is CCC(=O)N(CC1CC1)[C@@H]1C=C(C(=O)NCCO)[C@@H]2c3ccccc3O[C@@H]2[C@H]1O. The van der Waals surface area contributed by atoms with E-state index in [4.69, 9.17) is 9.84 Å². The summed E-state index contributed by atoms with van der Waals surface area (Å²) in [5, 5.41) is 23.0. The number of amides is 2. The van der Waals surface area contributed by atoms with Crippen LogP contribution < -0.4 is 10.1 Å². The molecule has 7 nitrogen and oxygen atoms in total.